The van der Waals surface area contributed by atoms with E-state index >= 15 is 0 Å². The molecule has 3 aliphatic heterocycles. The minimum absolute atomic E-state index is 0.0299. The molecule has 3 aliphatic rings. The summed E-state index contributed by atoms with van der Waals surface area (Å²) < 4.78 is 39.9. The summed E-state index contributed by atoms with van der Waals surface area (Å²) in [5.41, 5.74) is -0.339. The van der Waals surface area contributed by atoms with Gasteiger partial charge in [0.05, 0.1) is 18.0 Å². The number of hydrogen-bond donors (Lipinski definition) is 0. The van der Waals surface area contributed by atoms with E-state index in [9.17, 15) is 13.6 Å². The number of ether oxygens (including phenoxy) is 2. The molecule has 0 bridgehead atoms. The second kappa shape index (κ2) is 9.37. The number of carbonyl (C=O) groups is 1. The number of esters is 1. The van der Waals surface area contributed by atoms with Crippen LogP contribution < -0.4 is 9.64 Å². The minimum Gasteiger partial charge on any atom is -0.469 e. The number of methoxy groups -OCH3 is 1. The summed E-state index contributed by atoms with van der Waals surface area (Å²) in [7, 11) is 1.38. The number of pyridine rings is 1. The highest BCUT2D eigenvalue weighted by molar-refractivity contribution is 6.30. The number of hydrogen-bond acceptors (Lipinski definition) is 8. The number of anilines is 1. The fourth-order valence-electron chi connectivity index (χ4n) is 5.70. The number of nitrogens with zero attached hydrogens (tertiary/aromatic N) is 5. The third-order valence-electron chi connectivity index (χ3n) is 7.33. The van der Waals surface area contributed by atoms with E-state index in [-0.39, 0.29) is 40.7 Å². The van der Waals surface area contributed by atoms with Gasteiger partial charge >= 0.3 is 12.0 Å². The van der Waals surface area contributed by atoms with Crippen LogP contribution in [-0.2, 0) is 9.53 Å². The zero-order valence-electron chi connectivity index (χ0n) is 19.1. The van der Waals surface area contributed by atoms with E-state index < -0.39 is 12.0 Å². The highest BCUT2D eigenvalue weighted by Gasteiger charge is 2.49. The van der Waals surface area contributed by atoms with Crippen LogP contribution in [0.2, 0.25) is 5.15 Å². The van der Waals surface area contributed by atoms with Gasteiger partial charge in [0, 0.05) is 38.7 Å². The SMILES string of the molecule is COC(=O)C[C@@H]1CCCN(c2nc(OC[C@@]34CCCN3C[C@H](F)C4)nc3c(F)c(Cl)ncc23)C1. The Balaban J connectivity index is 1.45. The quantitative estimate of drug-likeness (QED) is 0.444. The molecule has 3 fully saturated rings. The van der Waals surface area contributed by atoms with Gasteiger partial charge in [-0.2, -0.15) is 9.97 Å². The van der Waals surface area contributed by atoms with Crippen molar-refractivity contribution in [3.63, 3.8) is 0 Å². The molecule has 8 nitrogen and oxygen atoms in total. The molecule has 0 unspecified atom stereocenters. The van der Waals surface area contributed by atoms with Crippen LogP contribution in [0.1, 0.15) is 38.5 Å². The predicted molar refractivity (Wildman–Crippen MR) is 122 cm³/mol. The highest BCUT2D eigenvalue weighted by Crippen LogP contribution is 2.40. The Kier molecular flexibility index (Phi) is 6.45. The van der Waals surface area contributed by atoms with Crippen molar-refractivity contribution in [2.24, 2.45) is 5.92 Å². The molecule has 0 aromatic carbocycles. The number of alkyl halides is 1. The summed E-state index contributed by atoms with van der Waals surface area (Å²) in [5.74, 6) is -0.410. The summed E-state index contributed by atoms with van der Waals surface area (Å²) in [6, 6.07) is 0.0299. The van der Waals surface area contributed by atoms with Gasteiger partial charge in [0.25, 0.3) is 0 Å². The van der Waals surface area contributed by atoms with Gasteiger partial charge in [-0.3, -0.25) is 9.69 Å². The maximum atomic E-state index is 14.9. The van der Waals surface area contributed by atoms with Gasteiger partial charge in [0.15, 0.2) is 11.0 Å². The molecule has 34 heavy (non-hydrogen) atoms. The maximum absolute atomic E-state index is 14.9. The van der Waals surface area contributed by atoms with Crippen molar-refractivity contribution in [3.05, 3.63) is 17.2 Å². The van der Waals surface area contributed by atoms with Gasteiger partial charge < -0.3 is 14.4 Å². The van der Waals surface area contributed by atoms with Gasteiger partial charge in [0.2, 0.25) is 0 Å². The summed E-state index contributed by atoms with van der Waals surface area (Å²) >= 11 is 5.94. The molecule has 2 aromatic rings. The Labute approximate surface area is 201 Å². The Bertz CT molecular complexity index is 1090. The van der Waals surface area contributed by atoms with Crippen molar-refractivity contribution in [2.75, 3.05) is 44.8 Å². The van der Waals surface area contributed by atoms with E-state index in [1.807, 2.05) is 4.90 Å². The molecule has 11 heteroatoms. The highest BCUT2D eigenvalue weighted by atomic mass is 35.5. The van der Waals surface area contributed by atoms with Crippen molar-refractivity contribution in [1.82, 2.24) is 19.9 Å². The molecule has 3 saturated heterocycles. The van der Waals surface area contributed by atoms with Gasteiger partial charge in [-0.15, -0.1) is 0 Å². The smallest absolute Gasteiger partial charge is 0.319 e. The lowest BCUT2D eigenvalue weighted by Crippen LogP contribution is -2.43. The molecule has 3 atom stereocenters. The van der Waals surface area contributed by atoms with Gasteiger partial charge in [-0.1, -0.05) is 11.6 Å². The average molecular weight is 496 g/mol. The normalized spacial score (nSPS) is 27.2. The lowest BCUT2D eigenvalue weighted by molar-refractivity contribution is -0.141. The van der Waals surface area contributed by atoms with Crippen molar-refractivity contribution in [1.29, 1.82) is 0 Å². The van der Waals surface area contributed by atoms with E-state index in [1.165, 1.54) is 13.3 Å². The van der Waals surface area contributed by atoms with Crippen molar-refractivity contribution in [2.45, 2.75) is 50.2 Å². The zero-order valence-corrected chi connectivity index (χ0v) is 19.9. The predicted octanol–water partition coefficient (Wildman–Crippen LogP) is 3.55. The first-order valence-electron chi connectivity index (χ1n) is 11.7. The van der Waals surface area contributed by atoms with E-state index in [1.54, 1.807) is 0 Å². The standard InChI is InChI=1S/C23H28ClF2N5O3/c1-33-17(32)8-14-4-2-6-30(11-14)21-16-10-27-20(24)18(26)19(16)28-22(29-21)34-13-23-5-3-7-31(23)12-15(25)9-23/h10,14-15H,2-9,11-13H2,1H3/t14-,15+,23-/m0/s1. The first-order chi connectivity index (χ1) is 16.4. The second-order valence-corrected chi connectivity index (χ2v) is 9.91. The fraction of sp³-hybridized carbons (Fsp3) is 0.652. The van der Waals surface area contributed by atoms with E-state index in [2.05, 4.69) is 19.9 Å². The molecular weight excluding hydrogens is 468 g/mol. The molecule has 5 rings (SSSR count). The first kappa shape index (κ1) is 23.4. The number of aromatic nitrogens is 3. The van der Waals surface area contributed by atoms with E-state index in [0.717, 1.165) is 32.2 Å². The molecule has 0 aliphatic carbocycles. The van der Waals surface area contributed by atoms with Crippen LogP contribution in [0.25, 0.3) is 10.9 Å². The van der Waals surface area contributed by atoms with Crippen LogP contribution in [0.5, 0.6) is 6.01 Å². The molecule has 0 amide bonds. The van der Waals surface area contributed by atoms with Gasteiger partial charge in [-0.25, -0.2) is 13.8 Å². The number of piperidine rings is 1. The lowest BCUT2D eigenvalue weighted by atomic mass is 9.94. The summed E-state index contributed by atoms with van der Waals surface area (Å²) in [6.07, 6.45) is 4.89. The number of fused-ring (bicyclic) bond motifs is 2. The van der Waals surface area contributed by atoms with Crippen LogP contribution in [0.4, 0.5) is 14.6 Å². The van der Waals surface area contributed by atoms with Crippen LogP contribution >= 0.6 is 11.6 Å². The number of rotatable bonds is 6. The molecule has 5 heterocycles. The van der Waals surface area contributed by atoms with Crippen LogP contribution in [0, 0.1) is 11.7 Å². The molecule has 0 spiro atoms. The van der Waals surface area contributed by atoms with Crippen molar-refractivity contribution >= 4 is 34.3 Å². The van der Waals surface area contributed by atoms with Crippen molar-refractivity contribution < 1.29 is 23.0 Å². The van der Waals surface area contributed by atoms with Crippen LogP contribution in [0.15, 0.2) is 6.20 Å². The molecule has 0 radical (unpaired) electrons. The van der Waals surface area contributed by atoms with E-state index in [0.29, 0.717) is 43.7 Å². The third-order valence-corrected chi connectivity index (χ3v) is 7.60. The van der Waals surface area contributed by atoms with E-state index in [4.69, 9.17) is 21.1 Å². The zero-order chi connectivity index (χ0) is 23.9. The second-order valence-electron chi connectivity index (χ2n) is 9.55. The molecular formula is C23H28ClF2N5O3. The summed E-state index contributed by atoms with van der Waals surface area (Å²) in [5, 5.41) is 0.153. The van der Waals surface area contributed by atoms with Crippen LogP contribution in [-0.4, -0.2) is 77.4 Å². The monoisotopic (exact) mass is 495 g/mol. The largest absolute Gasteiger partial charge is 0.469 e. The van der Waals surface area contributed by atoms with Crippen LogP contribution in [0.3, 0.4) is 0 Å². The molecule has 184 valence electrons. The average Bonchev–Trinajstić information content (AvgIpc) is 3.35. The Morgan fingerprint density at radius 2 is 2.15 bits per heavy atom. The first-order valence-corrected chi connectivity index (χ1v) is 12.1. The Morgan fingerprint density at radius 1 is 1.29 bits per heavy atom. The number of halogens is 3. The lowest BCUT2D eigenvalue weighted by Gasteiger charge is -2.34. The van der Waals surface area contributed by atoms with Crippen molar-refractivity contribution in [3.8, 4) is 6.01 Å². The van der Waals surface area contributed by atoms with Gasteiger partial charge in [0.1, 0.15) is 24.1 Å². The third kappa shape index (κ3) is 4.37. The maximum Gasteiger partial charge on any atom is 0.319 e. The Morgan fingerprint density at radius 3 is 2.97 bits per heavy atom. The summed E-state index contributed by atoms with van der Waals surface area (Å²) in [4.78, 5) is 28.9. The Hall–Kier alpha value is -2.33. The molecule has 0 saturated carbocycles. The molecule has 0 N–H and O–H groups in total. The molecule has 2 aromatic heterocycles. The topological polar surface area (TPSA) is 80.7 Å². The fourth-order valence-corrected chi connectivity index (χ4v) is 5.83. The number of carbonyl (C=O) groups excluding carboxylic acids is 1. The van der Waals surface area contributed by atoms with Gasteiger partial charge in [-0.05, 0) is 38.1 Å². The summed E-state index contributed by atoms with van der Waals surface area (Å²) in [6.45, 7) is 2.75. The minimum atomic E-state index is -0.876.